The van der Waals surface area contributed by atoms with Crippen molar-refractivity contribution in [1.82, 2.24) is 15.5 Å². The highest BCUT2D eigenvalue weighted by Crippen LogP contribution is 2.31. The maximum Gasteiger partial charge on any atom is 0.422 e. The Morgan fingerprint density at radius 3 is 2.16 bits per heavy atom. The number of hydrogen-bond acceptors (Lipinski definition) is 3. The van der Waals surface area contributed by atoms with Crippen molar-refractivity contribution < 1.29 is 27.9 Å². The molecule has 106 valence electrons. The molecule has 1 rings (SSSR count). The van der Waals surface area contributed by atoms with Crippen LogP contribution in [0.1, 0.15) is 28.7 Å². The van der Waals surface area contributed by atoms with E-state index in [1.807, 2.05) is 0 Å². The average molecular weight is 279 g/mol. The number of halogens is 3. The van der Waals surface area contributed by atoms with Gasteiger partial charge in [-0.05, 0) is 20.8 Å². The summed E-state index contributed by atoms with van der Waals surface area (Å²) in [7, 11) is 0. The Morgan fingerprint density at radius 2 is 1.84 bits per heavy atom. The minimum Gasteiger partial charge on any atom is -0.479 e. The number of carboxylic acid groups (broad SMARTS) is 1. The Kier molecular flexibility index (Phi) is 3.60. The summed E-state index contributed by atoms with van der Waals surface area (Å²) < 4.78 is 38.2. The molecule has 0 fully saturated rings. The number of carbonyl (C=O) groups is 2. The van der Waals surface area contributed by atoms with Crippen LogP contribution in [0.25, 0.3) is 0 Å². The van der Waals surface area contributed by atoms with Gasteiger partial charge in [-0.15, -0.1) is 0 Å². The topological polar surface area (TPSA) is 95.1 Å². The number of aromatic nitrogens is 2. The van der Waals surface area contributed by atoms with Crippen molar-refractivity contribution in [3.05, 3.63) is 17.0 Å². The standard InChI is InChI=1S/C10H12F3N3O3/c1-4-6(5(2)16-15-4)7(17)14-9(3,8(18)19)10(11,12)13/h1-3H3,(H,14,17)(H,15,16)(H,18,19). The van der Waals surface area contributed by atoms with Crippen LogP contribution in [-0.4, -0.2) is 38.9 Å². The lowest BCUT2D eigenvalue weighted by Crippen LogP contribution is -2.62. The fourth-order valence-corrected chi connectivity index (χ4v) is 1.42. The van der Waals surface area contributed by atoms with Crippen LogP contribution in [-0.2, 0) is 4.79 Å². The minimum absolute atomic E-state index is 0.100. The van der Waals surface area contributed by atoms with Gasteiger partial charge in [0.25, 0.3) is 5.91 Å². The maximum absolute atomic E-state index is 12.7. The van der Waals surface area contributed by atoms with Crippen molar-refractivity contribution in [2.24, 2.45) is 0 Å². The Labute approximate surface area is 106 Å². The van der Waals surface area contributed by atoms with E-state index in [0.29, 0.717) is 6.92 Å². The molecule has 0 bridgehead atoms. The molecule has 0 aromatic carbocycles. The van der Waals surface area contributed by atoms with Gasteiger partial charge in [-0.1, -0.05) is 0 Å². The van der Waals surface area contributed by atoms with Gasteiger partial charge in [-0.2, -0.15) is 18.3 Å². The summed E-state index contributed by atoms with van der Waals surface area (Å²) in [6.07, 6.45) is -5.12. The van der Waals surface area contributed by atoms with Gasteiger partial charge in [0.1, 0.15) is 0 Å². The molecule has 1 heterocycles. The highest BCUT2D eigenvalue weighted by atomic mass is 19.4. The molecule has 6 nitrogen and oxygen atoms in total. The number of nitrogens with one attached hydrogen (secondary N) is 2. The SMILES string of the molecule is Cc1n[nH]c(C)c1C(=O)NC(C)(C(=O)O)C(F)(F)F. The van der Waals surface area contributed by atoms with E-state index in [4.69, 9.17) is 5.11 Å². The van der Waals surface area contributed by atoms with Gasteiger partial charge in [0.15, 0.2) is 0 Å². The van der Waals surface area contributed by atoms with Crippen LogP contribution in [0.15, 0.2) is 0 Å². The van der Waals surface area contributed by atoms with Gasteiger partial charge >= 0.3 is 12.1 Å². The molecule has 0 aliphatic carbocycles. The molecule has 0 spiro atoms. The fourth-order valence-electron chi connectivity index (χ4n) is 1.42. The number of rotatable bonds is 3. The molecule has 0 radical (unpaired) electrons. The molecule has 9 heteroatoms. The third kappa shape index (κ3) is 2.54. The molecule has 0 aliphatic rings. The van der Waals surface area contributed by atoms with Crippen LogP contribution in [0.5, 0.6) is 0 Å². The van der Waals surface area contributed by atoms with Crippen LogP contribution in [0.3, 0.4) is 0 Å². The monoisotopic (exact) mass is 279 g/mol. The van der Waals surface area contributed by atoms with Crippen molar-refractivity contribution in [2.75, 3.05) is 0 Å². The fraction of sp³-hybridized carbons (Fsp3) is 0.500. The first-order valence-corrected chi connectivity index (χ1v) is 5.15. The quantitative estimate of drug-likeness (QED) is 0.773. The average Bonchev–Trinajstić information content (AvgIpc) is 2.56. The van der Waals surface area contributed by atoms with Crippen LogP contribution >= 0.6 is 0 Å². The van der Waals surface area contributed by atoms with E-state index in [9.17, 15) is 22.8 Å². The number of amides is 1. The normalized spacial score (nSPS) is 14.8. The molecule has 0 saturated heterocycles. The number of alkyl halides is 3. The van der Waals surface area contributed by atoms with Gasteiger partial charge in [0, 0.05) is 5.69 Å². The van der Waals surface area contributed by atoms with E-state index in [2.05, 4.69) is 10.2 Å². The van der Waals surface area contributed by atoms with E-state index in [-0.39, 0.29) is 17.0 Å². The van der Waals surface area contributed by atoms with E-state index in [1.54, 1.807) is 0 Å². The van der Waals surface area contributed by atoms with Gasteiger partial charge in [0.2, 0.25) is 5.54 Å². The third-order valence-electron chi connectivity index (χ3n) is 2.71. The first-order valence-electron chi connectivity index (χ1n) is 5.15. The second kappa shape index (κ2) is 4.56. The van der Waals surface area contributed by atoms with E-state index in [1.165, 1.54) is 19.2 Å². The van der Waals surface area contributed by atoms with E-state index >= 15 is 0 Å². The van der Waals surface area contributed by atoms with Crippen molar-refractivity contribution in [2.45, 2.75) is 32.5 Å². The van der Waals surface area contributed by atoms with Gasteiger partial charge in [0.05, 0.1) is 11.3 Å². The van der Waals surface area contributed by atoms with Crippen LogP contribution in [0.4, 0.5) is 13.2 Å². The smallest absolute Gasteiger partial charge is 0.422 e. The molecule has 3 N–H and O–H groups in total. The summed E-state index contributed by atoms with van der Waals surface area (Å²) in [5.41, 5.74) is -3.02. The zero-order chi connectivity index (χ0) is 15.0. The zero-order valence-electron chi connectivity index (χ0n) is 10.3. The lowest BCUT2D eigenvalue weighted by Gasteiger charge is -2.28. The Morgan fingerprint density at radius 1 is 1.32 bits per heavy atom. The second-order valence-corrected chi connectivity index (χ2v) is 4.19. The molecule has 1 unspecified atom stereocenters. The number of carboxylic acids is 1. The molecule has 0 aliphatic heterocycles. The van der Waals surface area contributed by atoms with Crippen molar-refractivity contribution in [3.8, 4) is 0 Å². The lowest BCUT2D eigenvalue weighted by molar-refractivity contribution is -0.203. The summed E-state index contributed by atoms with van der Waals surface area (Å²) in [4.78, 5) is 22.6. The lowest BCUT2D eigenvalue weighted by atomic mass is 10.0. The molecule has 1 atom stereocenters. The minimum atomic E-state index is -5.12. The summed E-state index contributed by atoms with van der Waals surface area (Å²) in [6.45, 7) is 3.25. The number of hydrogen-bond donors (Lipinski definition) is 3. The highest BCUT2D eigenvalue weighted by Gasteiger charge is 2.58. The van der Waals surface area contributed by atoms with Crippen LogP contribution in [0, 0.1) is 13.8 Å². The summed E-state index contributed by atoms with van der Waals surface area (Å²) in [5.74, 6) is -3.34. The first-order chi connectivity index (χ1) is 8.50. The number of nitrogens with zero attached hydrogens (tertiary/aromatic N) is 1. The van der Waals surface area contributed by atoms with Gasteiger partial charge in [-0.3, -0.25) is 9.89 Å². The molecule has 1 aromatic rings. The highest BCUT2D eigenvalue weighted by molar-refractivity contribution is 5.99. The molecular formula is C10H12F3N3O3. The van der Waals surface area contributed by atoms with Crippen molar-refractivity contribution in [1.29, 1.82) is 0 Å². The Balaban J connectivity index is 3.13. The van der Waals surface area contributed by atoms with E-state index < -0.39 is 23.6 Å². The zero-order valence-corrected chi connectivity index (χ0v) is 10.3. The van der Waals surface area contributed by atoms with E-state index in [0.717, 1.165) is 0 Å². The summed E-state index contributed by atoms with van der Waals surface area (Å²) >= 11 is 0. The number of aromatic amines is 1. The molecular weight excluding hydrogens is 267 g/mol. The van der Waals surface area contributed by atoms with Crippen molar-refractivity contribution >= 4 is 11.9 Å². The third-order valence-corrected chi connectivity index (χ3v) is 2.71. The second-order valence-electron chi connectivity index (χ2n) is 4.19. The number of aryl methyl sites for hydroxylation is 2. The van der Waals surface area contributed by atoms with Gasteiger partial charge < -0.3 is 10.4 Å². The maximum atomic E-state index is 12.7. The Bertz CT molecular complexity index is 504. The molecule has 1 aromatic heterocycles. The largest absolute Gasteiger partial charge is 0.479 e. The van der Waals surface area contributed by atoms with Gasteiger partial charge in [-0.25, -0.2) is 4.79 Å². The predicted molar refractivity (Wildman–Crippen MR) is 57.6 cm³/mol. The number of H-pyrrole nitrogens is 1. The van der Waals surface area contributed by atoms with Crippen LogP contribution in [0.2, 0.25) is 0 Å². The number of aliphatic carboxylic acids is 1. The molecule has 19 heavy (non-hydrogen) atoms. The van der Waals surface area contributed by atoms with Crippen LogP contribution < -0.4 is 5.32 Å². The number of carbonyl (C=O) groups excluding carboxylic acids is 1. The molecule has 0 saturated carbocycles. The molecule has 1 amide bonds. The summed E-state index contributed by atoms with van der Waals surface area (Å²) in [5, 5.41) is 16.3. The predicted octanol–water partition coefficient (Wildman–Crippen LogP) is 1.16. The first kappa shape index (κ1) is 15.0. The summed E-state index contributed by atoms with van der Waals surface area (Å²) in [6, 6.07) is 0. The van der Waals surface area contributed by atoms with Crippen molar-refractivity contribution in [3.63, 3.8) is 0 Å². The Hall–Kier alpha value is -2.06.